The lowest BCUT2D eigenvalue weighted by atomic mass is 10.1. The molecular weight excluding hydrogens is 258 g/mol. The zero-order valence-corrected chi connectivity index (χ0v) is 12.1. The summed E-state index contributed by atoms with van der Waals surface area (Å²) >= 11 is 0. The largest absolute Gasteiger partial charge is 0.383 e. The number of fused-ring (bicyclic) bond motifs is 1. The summed E-state index contributed by atoms with van der Waals surface area (Å²) in [6.07, 6.45) is 0. The Morgan fingerprint density at radius 3 is 3.30 bits per heavy atom. The molecule has 2 rings (SSSR count). The summed E-state index contributed by atoms with van der Waals surface area (Å²) in [6.45, 7) is 6.01. The molecule has 0 fully saturated rings. The highest BCUT2D eigenvalue weighted by molar-refractivity contribution is 5.77. The van der Waals surface area contributed by atoms with Gasteiger partial charge in [-0.05, 0) is 6.92 Å². The highest BCUT2D eigenvalue weighted by atomic mass is 16.5. The van der Waals surface area contributed by atoms with E-state index in [4.69, 9.17) is 4.74 Å². The number of hydrogen-bond donors (Lipinski definition) is 3. The Morgan fingerprint density at radius 1 is 1.65 bits per heavy atom. The van der Waals surface area contributed by atoms with Gasteiger partial charge in [-0.1, -0.05) is 0 Å². The van der Waals surface area contributed by atoms with Gasteiger partial charge in [0.1, 0.15) is 5.82 Å². The van der Waals surface area contributed by atoms with Crippen LogP contribution in [-0.2, 0) is 16.1 Å². The molecule has 2 heterocycles. The third-order valence-corrected chi connectivity index (χ3v) is 3.25. The van der Waals surface area contributed by atoms with Crippen LogP contribution in [0.25, 0.3) is 0 Å². The molecule has 0 saturated heterocycles. The van der Waals surface area contributed by atoms with Crippen LogP contribution in [0.1, 0.15) is 5.69 Å². The number of ether oxygens (including phenoxy) is 1. The lowest BCUT2D eigenvalue weighted by Crippen LogP contribution is -2.40. The van der Waals surface area contributed by atoms with Crippen molar-refractivity contribution < 1.29 is 9.53 Å². The molecule has 7 nitrogen and oxygen atoms in total. The Kier molecular flexibility index (Phi) is 5.37. The molecule has 0 bridgehead atoms. The summed E-state index contributed by atoms with van der Waals surface area (Å²) in [6, 6.07) is 2.05. The van der Waals surface area contributed by atoms with Gasteiger partial charge in [0, 0.05) is 45.3 Å². The molecule has 0 spiro atoms. The van der Waals surface area contributed by atoms with E-state index in [0.29, 0.717) is 25.6 Å². The number of hydrogen-bond acceptors (Lipinski definition) is 5. The maximum Gasteiger partial charge on any atom is 0.234 e. The van der Waals surface area contributed by atoms with Gasteiger partial charge in [0.05, 0.1) is 18.8 Å². The van der Waals surface area contributed by atoms with E-state index in [0.717, 1.165) is 31.1 Å². The number of carbonyl (C=O) groups is 1. The molecule has 3 N–H and O–H groups in total. The minimum absolute atomic E-state index is 0.00133. The molecule has 7 heteroatoms. The summed E-state index contributed by atoms with van der Waals surface area (Å²) in [4.78, 5) is 11.5. The van der Waals surface area contributed by atoms with Crippen molar-refractivity contribution in [3.8, 4) is 0 Å². The molecule has 1 unspecified atom stereocenters. The summed E-state index contributed by atoms with van der Waals surface area (Å²) in [5, 5.41) is 13.8. The van der Waals surface area contributed by atoms with E-state index in [1.54, 1.807) is 7.11 Å². The average molecular weight is 281 g/mol. The minimum Gasteiger partial charge on any atom is -0.383 e. The third-order valence-electron chi connectivity index (χ3n) is 3.25. The quantitative estimate of drug-likeness (QED) is 0.592. The number of aromatic nitrogens is 2. The average Bonchev–Trinajstić information content (AvgIpc) is 2.78. The van der Waals surface area contributed by atoms with Crippen LogP contribution in [0.5, 0.6) is 0 Å². The smallest absolute Gasteiger partial charge is 0.234 e. The first-order valence-corrected chi connectivity index (χ1v) is 6.93. The fourth-order valence-electron chi connectivity index (χ4n) is 2.27. The molecular formula is C13H23N5O2. The van der Waals surface area contributed by atoms with E-state index in [1.165, 1.54) is 0 Å². The highest BCUT2D eigenvalue weighted by Crippen LogP contribution is 2.17. The second kappa shape index (κ2) is 7.25. The maximum absolute atomic E-state index is 11.5. The van der Waals surface area contributed by atoms with Crippen molar-refractivity contribution in [3.63, 3.8) is 0 Å². The van der Waals surface area contributed by atoms with Gasteiger partial charge in [-0.25, -0.2) is 4.68 Å². The summed E-state index contributed by atoms with van der Waals surface area (Å²) in [5.41, 5.74) is 1.03. The fraction of sp³-hybridized carbons (Fsp3) is 0.692. The molecule has 1 amide bonds. The second-order valence-corrected chi connectivity index (χ2v) is 5.07. The summed E-state index contributed by atoms with van der Waals surface area (Å²) < 4.78 is 6.86. The second-order valence-electron chi connectivity index (χ2n) is 5.07. The topological polar surface area (TPSA) is 80.2 Å². The van der Waals surface area contributed by atoms with Gasteiger partial charge in [-0.3, -0.25) is 4.79 Å². The Bertz CT molecular complexity index is 446. The van der Waals surface area contributed by atoms with Gasteiger partial charge >= 0.3 is 0 Å². The third kappa shape index (κ3) is 4.21. The van der Waals surface area contributed by atoms with Crippen LogP contribution >= 0.6 is 0 Å². The van der Waals surface area contributed by atoms with Crippen LogP contribution in [0.3, 0.4) is 0 Å². The number of nitrogens with one attached hydrogen (secondary N) is 3. The molecule has 1 aromatic heterocycles. The van der Waals surface area contributed by atoms with Crippen molar-refractivity contribution in [2.75, 3.05) is 45.2 Å². The van der Waals surface area contributed by atoms with E-state index in [9.17, 15) is 4.79 Å². The highest BCUT2D eigenvalue weighted by Gasteiger charge is 2.18. The molecule has 1 aromatic rings. The lowest BCUT2D eigenvalue weighted by Gasteiger charge is -2.25. The molecule has 0 saturated carbocycles. The van der Waals surface area contributed by atoms with Crippen molar-refractivity contribution in [2.45, 2.75) is 13.5 Å². The van der Waals surface area contributed by atoms with E-state index in [2.05, 4.69) is 21.0 Å². The number of anilines is 1. The predicted molar refractivity (Wildman–Crippen MR) is 76.7 cm³/mol. The van der Waals surface area contributed by atoms with Gasteiger partial charge in [0.25, 0.3) is 0 Å². The molecule has 1 aliphatic heterocycles. The lowest BCUT2D eigenvalue weighted by molar-refractivity contribution is -0.120. The Hall–Kier alpha value is -1.60. The summed E-state index contributed by atoms with van der Waals surface area (Å²) in [7, 11) is 1.62. The van der Waals surface area contributed by atoms with Crippen LogP contribution in [0, 0.1) is 12.8 Å². The van der Waals surface area contributed by atoms with Crippen molar-refractivity contribution >= 4 is 11.7 Å². The SMILES string of the molecule is COCCNC(=O)CNCC1CNc2cc(C)nn2C1. The molecule has 0 aliphatic carbocycles. The van der Waals surface area contributed by atoms with Crippen molar-refractivity contribution in [2.24, 2.45) is 5.92 Å². The summed E-state index contributed by atoms with van der Waals surface area (Å²) in [5.74, 6) is 1.52. The minimum atomic E-state index is 0.00133. The first-order chi connectivity index (χ1) is 9.69. The predicted octanol–water partition coefficient (Wildman–Crippen LogP) is -0.415. The Labute approximate surface area is 119 Å². The van der Waals surface area contributed by atoms with Crippen LogP contribution in [0.4, 0.5) is 5.82 Å². The van der Waals surface area contributed by atoms with Gasteiger partial charge < -0.3 is 20.7 Å². The Balaban J connectivity index is 1.65. The first-order valence-electron chi connectivity index (χ1n) is 6.93. The fourth-order valence-corrected chi connectivity index (χ4v) is 2.27. The van der Waals surface area contributed by atoms with E-state index in [-0.39, 0.29) is 5.91 Å². The molecule has 0 aromatic carbocycles. The van der Waals surface area contributed by atoms with Crippen LogP contribution in [0.2, 0.25) is 0 Å². The van der Waals surface area contributed by atoms with E-state index < -0.39 is 0 Å². The molecule has 1 atom stereocenters. The first kappa shape index (κ1) is 14.8. The monoisotopic (exact) mass is 281 g/mol. The van der Waals surface area contributed by atoms with Crippen LogP contribution in [0.15, 0.2) is 6.07 Å². The van der Waals surface area contributed by atoms with Crippen molar-refractivity contribution in [3.05, 3.63) is 11.8 Å². The number of nitrogens with zero attached hydrogens (tertiary/aromatic N) is 2. The zero-order chi connectivity index (χ0) is 14.4. The van der Waals surface area contributed by atoms with Crippen molar-refractivity contribution in [1.82, 2.24) is 20.4 Å². The number of methoxy groups -OCH3 is 1. The van der Waals surface area contributed by atoms with Crippen LogP contribution < -0.4 is 16.0 Å². The van der Waals surface area contributed by atoms with Gasteiger partial charge in [-0.2, -0.15) is 5.10 Å². The molecule has 1 aliphatic rings. The molecule has 0 radical (unpaired) electrons. The molecule has 20 heavy (non-hydrogen) atoms. The maximum atomic E-state index is 11.5. The standard InChI is InChI=1S/C13H23N5O2/c1-10-5-12-16-7-11(9-18(12)17-10)6-14-8-13(19)15-3-4-20-2/h5,11,14,16H,3-4,6-9H2,1-2H3,(H,15,19). The van der Waals surface area contributed by atoms with E-state index in [1.807, 2.05) is 17.7 Å². The normalized spacial score (nSPS) is 17.4. The molecule has 112 valence electrons. The zero-order valence-electron chi connectivity index (χ0n) is 12.1. The van der Waals surface area contributed by atoms with Gasteiger partial charge in [0.15, 0.2) is 0 Å². The number of carbonyl (C=O) groups excluding carboxylic acids is 1. The number of amides is 1. The number of aryl methyl sites for hydroxylation is 1. The van der Waals surface area contributed by atoms with Crippen LogP contribution in [-0.4, -0.2) is 55.6 Å². The van der Waals surface area contributed by atoms with Gasteiger partial charge in [-0.15, -0.1) is 0 Å². The van der Waals surface area contributed by atoms with E-state index >= 15 is 0 Å². The number of rotatable bonds is 7. The Morgan fingerprint density at radius 2 is 2.50 bits per heavy atom. The van der Waals surface area contributed by atoms with Crippen molar-refractivity contribution in [1.29, 1.82) is 0 Å². The van der Waals surface area contributed by atoms with Gasteiger partial charge in [0.2, 0.25) is 5.91 Å².